The molecule has 0 radical (unpaired) electrons. The molecule has 3 aromatic carbocycles. The van der Waals surface area contributed by atoms with Gasteiger partial charge in [0.1, 0.15) is 0 Å². The van der Waals surface area contributed by atoms with Crippen LogP contribution in [0.1, 0.15) is 5.56 Å². The minimum atomic E-state index is -1.06. The fourth-order valence-electron chi connectivity index (χ4n) is 2.57. The van der Waals surface area contributed by atoms with E-state index in [1.807, 2.05) is 84.9 Å². The largest absolute Gasteiger partial charge is 0.479 e. The molecule has 0 bridgehead atoms. The van der Waals surface area contributed by atoms with Gasteiger partial charge in [0.25, 0.3) is 0 Å². The molecule has 0 aliphatic carbocycles. The maximum absolute atomic E-state index is 10.5. The molecule has 0 spiro atoms. The van der Waals surface area contributed by atoms with E-state index in [1.54, 1.807) is 0 Å². The van der Waals surface area contributed by atoms with Gasteiger partial charge in [-0.2, -0.15) is 0 Å². The summed E-state index contributed by atoms with van der Waals surface area (Å²) < 4.78 is 0. The lowest BCUT2D eigenvalue weighted by atomic mass is 10.1. The number of para-hydroxylation sites is 3. The third-order valence-corrected chi connectivity index (χ3v) is 3.66. The predicted octanol–water partition coefficient (Wildman–Crippen LogP) is 4.59. The van der Waals surface area contributed by atoms with Crippen LogP contribution in [0.25, 0.3) is 0 Å². The minimum Gasteiger partial charge on any atom is -0.479 e. The first-order valence-corrected chi connectivity index (χ1v) is 8.12. The van der Waals surface area contributed by atoms with E-state index in [9.17, 15) is 4.79 Å². The van der Waals surface area contributed by atoms with E-state index in [4.69, 9.17) is 9.94 Å². The Morgan fingerprint density at radius 2 is 1.42 bits per heavy atom. The summed E-state index contributed by atoms with van der Waals surface area (Å²) in [5.41, 5.74) is 3.73. The normalized spacial score (nSPS) is 10.6. The first kappa shape index (κ1) is 17.2. The van der Waals surface area contributed by atoms with E-state index in [0.29, 0.717) is 0 Å². The van der Waals surface area contributed by atoms with Crippen molar-refractivity contribution in [2.75, 3.05) is 11.5 Å². The van der Waals surface area contributed by atoms with Crippen LogP contribution in [0.4, 0.5) is 17.1 Å². The van der Waals surface area contributed by atoms with Crippen molar-refractivity contribution in [3.63, 3.8) is 0 Å². The zero-order chi connectivity index (χ0) is 18.2. The molecule has 3 aromatic rings. The number of aliphatic carboxylic acids is 1. The molecule has 0 aromatic heterocycles. The van der Waals surface area contributed by atoms with E-state index in [0.717, 1.165) is 22.6 Å². The highest BCUT2D eigenvalue weighted by molar-refractivity contribution is 5.92. The minimum absolute atomic E-state index is 0.472. The zero-order valence-corrected chi connectivity index (χ0v) is 14.0. The summed E-state index contributed by atoms with van der Waals surface area (Å²) in [6, 6.07) is 27.7. The highest BCUT2D eigenvalue weighted by Gasteiger charge is 2.14. The second kappa shape index (κ2) is 8.48. The van der Waals surface area contributed by atoms with Crippen LogP contribution in [0.2, 0.25) is 0 Å². The molecular weight excluding hydrogens is 328 g/mol. The summed E-state index contributed by atoms with van der Waals surface area (Å²) in [6.07, 6.45) is 1.52. The van der Waals surface area contributed by atoms with Gasteiger partial charge in [0, 0.05) is 16.9 Å². The van der Waals surface area contributed by atoms with Crippen molar-refractivity contribution in [3.8, 4) is 0 Å². The number of oxime groups is 1. The molecule has 0 atom stereocenters. The summed E-state index contributed by atoms with van der Waals surface area (Å²) in [6.45, 7) is -0.472. The first-order chi connectivity index (χ1) is 12.8. The number of carboxylic acid groups (broad SMARTS) is 1. The fourth-order valence-corrected chi connectivity index (χ4v) is 2.57. The van der Waals surface area contributed by atoms with E-state index in [1.165, 1.54) is 6.21 Å². The molecular formula is C21H18N2O3. The maximum Gasteiger partial charge on any atom is 0.344 e. The van der Waals surface area contributed by atoms with Gasteiger partial charge in [-0.15, -0.1) is 0 Å². The number of hydrogen-bond acceptors (Lipinski definition) is 4. The van der Waals surface area contributed by atoms with Crippen molar-refractivity contribution in [1.82, 2.24) is 0 Å². The van der Waals surface area contributed by atoms with Gasteiger partial charge in [-0.05, 0) is 30.3 Å². The SMILES string of the molecule is O=C(O)CO/N=C/c1ccccc1N(c1ccccc1)c1ccccc1. The summed E-state index contributed by atoms with van der Waals surface area (Å²) in [5, 5.41) is 12.4. The van der Waals surface area contributed by atoms with E-state index in [-0.39, 0.29) is 0 Å². The molecule has 0 saturated carbocycles. The van der Waals surface area contributed by atoms with Crippen LogP contribution in [-0.2, 0) is 9.63 Å². The number of carboxylic acids is 1. The Kier molecular flexibility index (Phi) is 5.62. The van der Waals surface area contributed by atoms with Crippen LogP contribution in [0.15, 0.2) is 90.1 Å². The first-order valence-electron chi connectivity index (χ1n) is 8.12. The van der Waals surface area contributed by atoms with E-state index < -0.39 is 12.6 Å². The second-order valence-electron chi connectivity index (χ2n) is 5.47. The molecule has 130 valence electrons. The third-order valence-electron chi connectivity index (χ3n) is 3.66. The van der Waals surface area contributed by atoms with Gasteiger partial charge in [0.15, 0.2) is 0 Å². The van der Waals surface area contributed by atoms with Crippen LogP contribution in [0.5, 0.6) is 0 Å². The van der Waals surface area contributed by atoms with Gasteiger partial charge in [-0.25, -0.2) is 4.79 Å². The Morgan fingerprint density at radius 1 is 0.885 bits per heavy atom. The summed E-state index contributed by atoms with van der Waals surface area (Å²) in [4.78, 5) is 17.5. The molecule has 1 N–H and O–H groups in total. The number of nitrogens with zero attached hydrogens (tertiary/aromatic N) is 2. The van der Waals surface area contributed by atoms with Crippen molar-refractivity contribution in [3.05, 3.63) is 90.5 Å². The average molecular weight is 346 g/mol. The maximum atomic E-state index is 10.5. The topological polar surface area (TPSA) is 62.1 Å². The lowest BCUT2D eigenvalue weighted by molar-refractivity contribution is -0.142. The Labute approximate surface area is 151 Å². The Hall–Kier alpha value is -3.60. The van der Waals surface area contributed by atoms with Gasteiger partial charge < -0.3 is 14.8 Å². The smallest absolute Gasteiger partial charge is 0.344 e. The van der Waals surface area contributed by atoms with Crippen LogP contribution in [0, 0.1) is 0 Å². The quantitative estimate of drug-likeness (QED) is 0.502. The van der Waals surface area contributed by atoms with Gasteiger partial charge in [0.2, 0.25) is 6.61 Å². The summed E-state index contributed by atoms with van der Waals surface area (Å²) in [5.74, 6) is -1.06. The number of rotatable bonds is 7. The Morgan fingerprint density at radius 3 is 2.00 bits per heavy atom. The van der Waals surface area contributed by atoms with Crippen molar-refractivity contribution in [2.45, 2.75) is 0 Å². The van der Waals surface area contributed by atoms with Crippen LogP contribution in [0.3, 0.4) is 0 Å². The molecule has 5 nitrogen and oxygen atoms in total. The summed E-state index contributed by atoms with van der Waals surface area (Å²) >= 11 is 0. The molecule has 0 unspecified atom stereocenters. The van der Waals surface area contributed by atoms with E-state index >= 15 is 0 Å². The molecule has 0 heterocycles. The molecule has 26 heavy (non-hydrogen) atoms. The van der Waals surface area contributed by atoms with Crippen LogP contribution in [-0.4, -0.2) is 23.9 Å². The zero-order valence-electron chi connectivity index (χ0n) is 14.0. The molecule has 3 rings (SSSR count). The van der Waals surface area contributed by atoms with E-state index in [2.05, 4.69) is 10.1 Å². The van der Waals surface area contributed by atoms with Crippen molar-refractivity contribution < 1.29 is 14.7 Å². The highest BCUT2D eigenvalue weighted by atomic mass is 16.6. The molecule has 0 saturated heterocycles. The average Bonchev–Trinajstić information content (AvgIpc) is 2.68. The monoisotopic (exact) mass is 346 g/mol. The molecule has 0 aliphatic heterocycles. The number of carbonyl (C=O) groups is 1. The van der Waals surface area contributed by atoms with Crippen LogP contribution < -0.4 is 4.90 Å². The number of hydrogen-bond donors (Lipinski definition) is 1. The number of benzene rings is 3. The van der Waals surface area contributed by atoms with Crippen LogP contribution >= 0.6 is 0 Å². The highest BCUT2D eigenvalue weighted by Crippen LogP contribution is 2.35. The summed E-state index contributed by atoms with van der Waals surface area (Å²) in [7, 11) is 0. The second-order valence-corrected chi connectivity index (χ2v) is 5.47. The van der Waals surface area contributed by atoms with Gasteiger partial charge in [-0.1, -0.05) is 59.8 Å². The lowest BCUT2D eigenvalue weighted by Crippen LogP contribution is -2.12. The molecule has 0 amide bonds. The Balaban J connectivity index is 2.01. The third kappa shape index (κ3) is 4.27. The van der Waals surface area contributed by atoms with Gasteiger partial charge >= 0.3 is 5.97 Å². The standard InChI is InChI=1S/C21H18N2O3/c24-21(25)16-26-22-15-17-9-7-8-14-20(17)23(18-10-3-1-4-11-18)19-12-5-2-6-13-19/h1-15H,16H2,(H,24,25)/b22-15+. The van der Waals surface area contributed by atoms with Crippen molar-refractivity contribution in [1.29, 1.82) is 0 Å². The van der Waals surface area contributed by atoms with Crippen molar-refractivity contribution >= 4 is 29.2 Å². The lowest BCUT2D eigenvalue weighted by Gasteiger charge is -2.26. The van der Waals surface area contributed by atoms with Gasteiger partial charge in [-0.3, -0.25) is 0 Å². The van der Waals surface area contributed by atoms with Crippen molar-refractivity contribution in [2.24, 2.45) is 5.16 Å². The van der Waals surface area contributed by atoms with Gasteiger partial charge in [0.05, 0.1) is 11.9 Å². The number of anilines is 3. The Bertz CT molecular complexity index is 841. The molecule has 0 aliphatic rings. The molecule has 5 heteroatoms. The molecule has 0 fully saturated rings. The predicted molar refractivity (Wildman–Crippen MR) is 102 cm³/mol. The fraction of sp³-hybridized carbons (Fsp3) is 0.0476.